The number of anilines is 2. The van der Waals surface area contributed by atoms with Crippen molar-refractivity contribution in [2.75, 3.05) is 11.5 Å². The van der Waals surface area contributed by atoms with E-state index in [9.17, 15) is 0 Å². The second kappa shape index (κ2) is 4.09. The summed E-state index contributed by atoms with van der Waals surface area (Å²) in [6.45, 7) is 0. The van der Waals surface area contributed by atoms with E-state index >= 15 is 0 Å². The highest BCUT2D eigenvalue weighted by atomic mass is 14.8. The van der Waals surface area contributed by atoms with Gasteiger partial charge in [0.05, 0.1) is 11.4 Å². The van der Waals surface area contributed by atoms with Gasteiger partial charge in [-0.25, -0.2) is 0 Å². The molecule has 0 fully saturated rings. The Labute approximate surface area is 89.1 Å². The Bertz CT molecular complexity index is 431. The standard InChI is InChI=1S/C12H15N3/c13-10-8-15-11(12(10)14)7-6-9-4-2-1-3-5-9/h1-5,8,15H,6-7,13-14H2. The van der Waals surface area contributed by atoms with Crippen molar-refractivity contribution < 1.29 is 0 Å². The zero-order valence-corrected chi connectivity index (χ0v) is 8.53. The van der Waals surface area contributed by atoms with E-state index in [1.807, 2.05) is 18.2 Å². The van der Waals surface area contributed by atoms with Gasteiger partial charge in [-0.15, -0.1) is 0 Å². The summed E-state index contributed by atoms with van der Waals surface area (Å²) in [6.07, 6.45) is 3.62. The van der Waals surface area contributed by atoms with Crippen LogP contribution in [0.5, 0.6) is 0 Å². The predicted octanol–water partition coefficient (Wildman–Crippen LogP) is 1.96. The van der Waals surface area contributed by atoms with Crippen molar-refractivity contribution >= 4 is 11.4 Å². The molecule has 3 heteroatoms. The summed E-state index contributed by atoms with van der Waals surface area (Å²) in [7, 11) is 0. The molecule has 0 aliphatic heterocycles. The summed E-state index contributed by atoms with van der Waals surface area (Å²) in [6, 6.07) is 10.3. The van der Waals surface area contributed by atoms with Gasteiger partial charge in [-0.1, -0.05) is 30.3 Å². The average molecular weight is 201 g/mol. The van der Waals surface area contributed by atoms with Gasteiger partial charge in [-0.3, -0.25) is 0 Å². The summed E-state index contributed by atoms with van der Waals surface area (Å²) in [4.78, 5) is 3.09. The number of hydrogen-bond donors (Lipinski definition) is 3. The predicted molar refractivity (Wildman–Crippen MR) is 63.5 cm³/mol. The molecule has 15 heavy (non-hydrogen) atoms. The minimum absolute atomic E-state index is 0.637. The van der Waals surface area contributed by atoms with Crippen molar-refractivity contribution in [3.05, 3.63) is 47.8 Å². The zero-order valence-electron chi connectivity index (χ0n) is 8.53. The molecule has 1 aromatic heterocycles. The fourth-order valence-electron chi connectivity index (χ4n) is 1.62. The first-order valence-electron chi connectivity index (χ1n) is 5.02. The Hall–Kier alpha value is -1.90. The first kappa shape index (κ1) is 9.65. The van der Waals surface area contributed by atoms with Gasteiger partial charge in [-0.2, -0.15) is 0 Å². The summed E-state index contributed by atoms with van der Waals surface area (Å²) >= 11 is 0. The van der Waals surface area contributed by atoms with Crippen molar-refractivity contribution in [2.45, 2.75) is 12.8 Å². The summed E-state index contributed by atoms with van der Waals surface area (Å²) in [5, 5.41) is 0. The maximum Gasteiger partial charge on any atom is 0.0759 e. The van der Waals surface area contributed by atoms with E-state index in [0.29, 0.717) is 11.4 Å². The number of aromatic amines is 1. The number of nitrogens with two attached hydrogens (primary N) is 2. The topological polar surface area (TPSA) is 67.8 Å². The van der Waals surface area contributed by atoms with Gasteiger partial charge in [0, 0.05) is 11.9 Å². The largest absolute Gasteiger partial charge is 0.396 e. The average Bonchev–Trinajstić information content (AvgIpc) is 2.59. The van der Waals surface area contributed by atoms with Crippen LogP contribution in [0.4, 0.5) is 11.4 Å². The lowest BCUT2D eigenvalue weighted by Gasteiger charge is -2.01. The Balaban J connectivity index is 2.02. The number of H-pyrrole nitrogens is 1. The third kappa shape index (κ3) is 2.13. The third-order valence-electron chi connectivity index (χ3n) is 2.54. The highest BCUT2D eigenvalue weighted by Gasteiger charge is 2.04. The fourth-order valence-corrected chi connectivity index (χ4v) is 1.62. The summed E-state index contributed by atoms with van der Waals surface area (Å²) in [5.74, 6) is 0. The summed E-state index contributed by atoms with van der Waals surface area (Å²) in [5.41, 5.74) is 15.1. The van der Waals surface area contributed by atoms with Gasteiger partial charge in [0.15, 0.2) is 0 Å². The molecule has 0 aliphatic carbocycles. The van der Waals surface area contributed by atoms with Crippen molar-refractivity contribution in [1.29, 1.82) is 0 Å². The molecule has 0 amide bonds. The molecule has 2 rings (SSSR count). The maximum absolute atomic E-state index is 5.81. The molecule has 1 heterocycles. The number of aryl methyl sites for hydroxylation is 2. The van der Waals surface area contributed by atoms with Crippen LogP contribution in [0.2, 0.25) is 0 Å². The minimum Gasteiger partial charge on any atom is -0.396 e. The lowest BCUT2D eigenvalue weighted by molar-refractivity contribution is 0.928. The first-order valence-corrected chi connectivity index (χ1v) is 5.02. The Morgan fingerprint density at radius 3 is 2.33 bits per heavy atom. The van der Waals surface area contributed by atoms with Crippen LogP contribution >= 0.6 is 0 Å². The molecule has 2 aromatic rings. The fraction of sp³-hybridized carbons (Fsp3) is 0.167. The first-order chi connectivity index (χ1) is 7.27. The van der Waals surface area contributed by atoms with Crippen LogP contribution in [0.3, 0.4) is 0 Å². The van der Waals surface area contributed by atoms with Crippen LogP contribution in [-0.2, 0) is 12.8 Å². The Kier molecular flexibility index (Phi) is 2.63. The highest BCUT2D eigenvalue weighted by molar-refractivity contribution is 5.65. The SMILES string of the molecule is Nc1c[nH]c(CCc2ccccc2)c1N. The molecule has 0 spiro atoms. The number of nitrogens with one attached hydrogen (secondary N) is 1. The Morgan fingerprint density at radius 2 is 1.73 bits per heavy atom. The third-order valence-corrected chi connectivity index (χ3v) is 2.54. The number of aromatic nitrogens is 1. The molecule has 0 unspecified atom stereocenters. The number of rotatable bonds is 3. The van der Waals surface area contributed by atoms with Crippen molar-refractivity contribution in [3.8, 4) is 0 Å². The van der Waals surface area contributed by atoms with Gasteiger partial charge in [0.1, 0.15) is 0 Å². The molecule has 0 saturated heterocycles. The van der Waals surface area contributed by atoms with Crippen molar-refractivity contribution in [1.82, 2.24) is 4.98 Å². The number of benzene rings is 1. The van der Waals surface area contributed by atoms with Crippen LogP contribution in [-0.4, -0.2) is 4.98 Å². The van der Waals surface area contributed by atoms with E-state index in [-0.39, 0.29) is 0 Å². The smallest absolute Gasteiger partial charge is 0.0759 e. The van der Waals surface area contributed by atoms with Crippen molar-refractivity contribution in [3.63, 3.8) is 0 Å². The number of hydrogen-bond acceptors (Lipinski definition) is 2. The molecule has 0 radical (unpaired) electrons. The molecule has 0 aliphatic rings. The van der Waals surface area contributed by atoms with E-state index in [4.69, 9.17) is 11.5 Å². The van der Waals surface area contributed by atoms with E-state index < -0.39 is 0 Å². The van der Waals surface area contributed by atoms with Gasteiger partial charge in [-0.05, 0) is 18.4 Å². The molecular formula is C12H15N3. The zero-order chi connectivity index (χ0) is 10.7. The normalized spacial score (nSPS) is 10.4. The number of nitrogen functional groups attached to an aromatic ring is 2. The molecule has 1 aromatic carbocycles. The van der Waals surface area contributed by atoms with Crippen LogP contribution in [0.1, 0.15) is 11.3 Å². The van der Waals surface area contributed by atoms with Gasteiger partial charge in [0.25, 0.3) is 0 Å². The molecular weight excluding hydrogens is 186 g/mol. The second-order valence-electron chi connectivity index (χ2n) is 3.62. The van der Waals surface area contributed by atoms with Gasteiger partial charge in [0.2, 0.25) is 0 Å². The highest BCUT2D eigenvalue weighted by Crippen LogP contribution is 2.20. The lowest BCUT2D eigenvalue weighted by Crippen LogP contribution is -1.97. The van der Waals surface area contributed by atoms with Crippen LogP contribution in [0.15, 0.2) is 36.5 Å². The van der Waals surface area contributed by atoms with Gasteiger partial charge >= 0.3 is 0 Å². The van der Waals surface area contributed by atoms with E-state index in [0.717, 1.165) is 18.5 Å². The van der Waals surface area contributed by atoms with Crippen LogP contribution < -0.4 is 11.5 Å². The van der Waals surface area contributed by atoms with Gasteiger partial charge < -0.3 is 16.5 Å². The van der Waals surface area contributed by atoms with E-state index in [2.05, 4.69) is 17.1 Å². The molecule has 5 N–H and O–H groups in total. The molecule has 78 valence electrons. The minimum atomic E-state index is 0.637. The molecule has 0 bridgehead atoms. The molecule has 0 saturated carbocycles. The van der Waals surface area contributed by atoms with E-state index in [1.165, 1.54) is 5.56 Å². The molecule has 0 atom stereocenters. The van der Waals surface area contributed by atoms with Crippen LogP contribution in [0, 0.1) is 0 Å². The van der Waals surface area contributed by atoms with Crippen molar-refractivity contribution in [2.24, 2.45) is 0 Å². The second-order valence-corrected chi connectivity index (χ2v) is 3.62. The van der Waals surface area contributed by atoms with Crippen LogP contribution in [0.25, 0.3) is 0 Å². The quantitative estimate of drug-likeness (QED) is 0.710. The lowest BCUT2D eigenvalue weighted by atomic mass is 10.1. The maximum atomic E-state index is 5.81. The van der Waals surface area contributed by atoms with E-state index in [1.54, 1.807) is 6.20 Å². The molecule has 3 nitrogen and oxygen atoms in total. The Morgan fingerprint density at radius 1 is 1.00 bits per heavy atom. The summed E-state index contributed by atoms with van der Waals surface area (Å²) < 4.78 is 0. The monoisotopic (exact) mass is 201 g/mol.